The maximum Gasteiger partial charge on any atom is 0.129 e. The first-order valence-electron chi connectivity index (χ1n) is 5.21. The Morgan fingerprint density at radius 3 is 2.94 bits per heavy atom. The maximum absolute atomic E-state index is 5.40. The molecule has 0 fully saturated rings. The molecule has 2 rings (SSSR count). The molecule has 0 aromatic carbocycles. The van der Waals surface area contributed by atoms with Crippen LogP contribution in [0.4, 0.5) is 5.69 Å². The molecule has 16 heavy (non-hydrogen) atoms. The normalized spacial score (nSPS) is 12.4. The zero-order chi connectivity index (χ0) is 11.4. The van der Waals surface area contributed by atoms with Gasteiger partial charge in [-0.05, 0) is 46.6 Å². The van der Waals surface area contributed by atoms with Crippen LogP contribution >= 0.6 is 15.9 Å². The van der Waals surface area contributed by atoms with Gasteiger partial charge >= 0.3 is 0 Å². The lowest BCUT2D eigenvalue weighted by molar-refractivity contribution is 0.474. The van der Waals surface area contributed by atoms with Crippen LogP contribution in [0, 0.1) is 0 Å². The highest BCUT2D eigenvalue weighted by molar-refractivity contribution is 9.10. The fourth-order valence-electron chi connectivity index (χ4n) is 1.55. The van der Waals surface area contributed by atoms with Gasteiger partial charge in [0.1, 0.15) is 10.4 Å². The average Bonchev–Trinajstić information content (AvgIpc) is 2.81. The standard InChI is InChI=1S/C12H13BrN2O/c1-2-9(11-6-4-8-16-11)15-10-5-3-7-14-12(10)13/h3-9,15H,2H2,1H3. The van der Waals surface area contributed by atoms with E-state index in [-0.39, 0.29) is 6.04 Å². The van der Waals surface area contributed by atoms with E-state index in [1.807, 2.05) is 24.3 Å². The topological polar surface area (TPSA) is 38.1 Å². The van der Waals surface area contributed by atoms with Crippen molar-refractivity contribution in [3.8, 4) is 0 Å². The molecule has 0 spiro atoms. The number of hydrogen-bond acceptors (Lipinski definition) is 3. The van der Waals surface area contributed by atoms with Crippen molar-refractivity contribution in [2.45, 2.75) is 19.4 Å². The van der Waals surface area contributed by atoms with E-state index in [0.717, 1.165) is 22.5 Å². The fraction of sp³-hybridized carbons (Fsp3) is 0.250. The molecule has 0 saturated carbocycles. The molecule has 0 amide bonds. The summed E-state index contributed by atoms with van der Waals surface area (Å²) < 4.78 is 6.22. The fourth-order valence-corrected chi connectivity index (χ4v) is 1.91. The largest absolute Gasteiger partial charge is 0.467 e. The summed E-state index contributed by atoms with van der Waals surface area (Å²) in [6.45, 7) is 2.12. The van der Waals surface area contributed by atoms with Crippen molar-refractivity contribution in [1.82, 2.24) is 4.98 Å². The van der Waals surface area contributed by atoms with E-state index >= 15 is 0 Å². The summed E-state index contributed by atoms with van der Waals surface area (Å²) in [5, 5.41) is 3.40. The smallest absolute Gasteiger partial charge is 0.129 e. The quantitative estimate of drug-likeness (QED) is 0.861. The lowest BCUT2D eigenvalue weighted by Crippen LogP contribution is -2.09. The number of pyridine rings is 1. The van der Waals surface area contributed by atoms with Gasteiger partial charge in [0.2, 0.25) is 0 Å². The minimum absolute atomic E-state index is 0.176. The molecule has 0 radical (unpaired) electrons. The van der Waals surface area contributed by atoms with Gasteiger partial charge in [-0.25, -0.2) is 4.98 Å². The molecule has 0 saturated heterocycles. The van der Waals surface area contributed by atoms with E-state index in [1.165, 1.54) is 0 Å². The highest BCUT2D eigenvalue weighted by Gasteiger charge is 2.12. The minimum Gasteiger partial charge on any atom is -0.467 e. The molecule has 84 valence electrons. The zero-order valence-electron chi connectivity index (χ0n) is 8.98. The van der Waals surface area contributed by atoms with Gasteiger partial charge in [0.05, 0.1) is 18.0 Å². The summed E-state index contributed by atoms with van der Waals surface area (Å²) in [6.07, 6.45) is 4.40. The number of anilines is 1. The second-order valence-corrected chi connectivity index (χ2v) is 4.21. The van der Waals surface area contributed by atoms with Crippen LogP contribution in [0.5, 0.6) is 0 Å². The van der Waals surface area contributed by atoms with Crippen molar-refractivity contribution >= 4 is 21.6 Å². The summed E-state index contributed by atoms with van der Waals surface area (Å²) in [5.74, 6) is 0.943. The SMILES string of the molecule is CCC(Nc1cccnc1Br)c1ccco1. The third-order valence-corrected chi connectivity index (χ3v) is 3.02. The molecular weight excluding hydrogens is 268 g/mol. The molecule has 1 N–H and O–H groups in total. The first-order valence-corrected chi connectivity index (χ1v) is 6.01. The van der Waals surface area contributed by atoms with E-state index in [4.69, 9.17) is 4.42 Å². The van der Waals surface area contributed by atoms with Gasteiger partial charge in [0.25, 0.3) is 0 Å². The average molecular weight is 281 g/mol. The maximum atomic E-state index is 5.40. The Balaban J connectivity index is 2.17. The first-order chi connectivity index (χ1) is 7.81. The number of nitrogens with one attached hydrogen (secondary N) is 1. The van der Waals surface area contributed by atoms with Gasteiger partial charge in [-0.1, -0.05) is 6.92 Å². The molecule has 0 aliphatic rings. The van der Waals surface area contributed by atoms with Crippen molar-refractivity contribution in [1.29, 1.82) is 0 Å². The molecule has 2 aromatic heterocycles. The van der Waals surface area contributed by atoms with Crippen molar-refractivity contribution < 1.29 is 4.42 Å². The predicted molar refractivity (Wildman–Crippen MR) is 67.3 cm³/mol. The van der Waals surface area contributed by atoms with Crippen LogP contribution in [0.1, 0.15) is 25.1 Å². The van der Waals surface area contributed by atoms with Crippen molar-refractivity contribution in [3.63, 3.8) is 0 Å². The van der Waals surface area contributed by atoms with Crippen molar-refractivity contribution in [3.05, 3.63) is 47.1 Å². The molecule has 1 atom stereocenters. The Morgan fingerprint density at radius 1 is 1.44 bits per heavy atom. The monoisotopic (exact) mass is 280 g/mol. The van der Waals surface area contributed by atoms with E-state index in [1.54, 1.807) is 12.5 Å². The van der Waals surface area contributed by atoms with Crippen LogP contribution in [-0.4, -0.2) is 4.98 Å². The Morgan fingerprint density at radius 2 is 2.31 bits per heavy atom. The molecule has 3 nitrogen and oxygen atoms in total. The van der Waals surface area contributed by atoms with Crippen LogP contribution < -0.4 is 5.32 Å². The first kappa shape index (κ1) is 11.2. The molecule has 2 aromatic rings. The van der Waals surface area contributed by atoms with E-state index in [0.29, 0.717) is 0 Å². The number of furan rings is 1. The zero-order valence-corrected chi connectivity index (χ0v) is 10.6. The van der Waals surface area contributed by atoms with Gasteiger partial charge in [-0.15, -0.1) is 0 Å². The van der Waals surface area contributed by atoms with Gasteiger partial charge in [0, 0.05) is 6.20 Å². The summed E-state index contributed by atoms with van der Waals surface area (Å²) in [7, 11) is 0. The molecule has 0 aliphatic heterocycles. The van der Waals surface area contributed by atoms with Gasteiger partial charge < -0.3 is 9.73 Å². The summed E-state index contributed by atoms with van der Waals surface area (Å²) in [6, 6.07) is 7.95. The summed E-state index contributed by atoms with van der Waals surface area (Å²) >= 11 is 3.41. The van der Waals surface area contributed by atoms with E-state index in [9.17, 15) is 0 Å². The van der Waals surface area contributed by atoms with Crippen LogP contribution in [-0.2, 0) is 0 Å². The van der Waals surface area contributed by atoms with Crippen molar-refractivity contribution in [2.24, 2.45) is 0 Å². The van der Waals surface area contributed by atoms with Gasteiger partial charge in [-0.3, -0.25) is 0 Å². The highest BCUT2D eigenvalue weighted by atomic mass is 79.9. The Labute approximate surface area is 103 Å². The molecule has 1 unspecified atom stereocenters. The second kappa shape index (κ2) is 5.16. The van der Waals surface area contributed by atoms with Crippen LogP contribution in [0.2, 0.25) is 0 Å². The molecule has 4 heteroatoms. The molecule has 2 heterocycles. The van der Waals surface area contributed by atoms with E-state index < -0.39 is 0 Å². The number of rotatable bonds is 4. The van der Waals surface area contributed by atoms with Crippen LogP contribution in [0.25, 0.3) is 0 Å². The lowest BCUT2D eigenvalue weighted by atomic mass is 10.1. The van der Waals surface area contributed by atoms with Crippen LogP contribution in [0.15, 0.2) is 45.7 Å². The van der Waals surface area contributed by atoms with Gasteiger partial charge in [-0.2, -0.15) is 0 Å². The summed E-state index contributed by atoms with van der Waals surface area (Å²) in [4.78, 5) is 4.17. The predicted octanol–water partition coefficient (Wildman–Crippen LogP) is 4.00. The Bertz CT molecular complexity index is 442. The van der Waals surface area contributed by atoms with Gasteiger partial charge in [0.15, 0.2) is 0 Å². The Hall–Kier alpha value is -1.29. The number of aromatic nitrogens is 1. The minimum atomic E-state index is 0.176. The molecule has 0 bridgehead atoms. The summed E-state index contributed by atoms with van der Waals surface area (Å²) in [5.41, 5.74) is 0.978. The second-order valence-electron chi connectivity index (χ2n) is 3.46. The lowest BCUT2D eigenvalue weighted by Gasteiger charge is -2.16. The van der Waals surface area contributed by atoms with E-state index in [2.05, 4.69) is 33.2 Å². The third-order valence-electron chi connectivity index (χ3n) is 2.38. The molecule has 0 aliphatic carbocycles. The highest BCUT2D eigenvalue weighted by Crippen LogP contribution is 2.26. The number of halogens is 1. The van der Waals surface area contributed by atoms with Crippen molar-refractivity contribution in [2.75, 3.05) is 5.32 Å². The number of hydrogen-bond donors (Lipinski definition) is 1. The van der Waals surface area contributed by atoms with Crippen LogP contribution in [0.3, 0.4) is 0 Å². The molecular formula is C12H13BrN2O. The number of nitrogens with zero attached hydrogens (tertiary/aromatic N) is 1. The Kier molecular flexibility index (Phi) is 3.62. The third kappa shape index (κ3) is 2.44.